The summed E-state index contributed by atoms with van der Waals surface area (Å²) in [6.07, 6.45) is -2.05. The van der Waals surface area contributed by atoms with Crippen molar-refractivity contribution in [2.75, 3.05) is 18.4 Å². The molecule has 0 bridgehead atoms. The topological polar surface area (TPSA) is 109 Å². The van der Waals surface area contributed by atoms with Gasteiger partial charge in [-0.05, 0) is 49.1 Å². The Bertz CT molecular complexity index is 1760. The molecule has 1 aromatic carbocycles. The van der Waals surface area contributed by atoms with Crippen molar-refractivity contribution in [3.05, 3.63) is 64.1 Å². The van der Waals surface area contributed by atoms with Gasteiger partial charge in [0.1, 0.15) is 35.3 Å². The molecule has 1 aliphatic rings. The first kappa shape index (κ1) is 27.2. The zero-order valence-electron chi connectivity index (χ0n) is 22.5. The van der Waals surface area contributed by atoms with Crippen molar-refractivity contribution in [1.29, 1.82) is 5.26 Å². The molecule has 9 nitrogen and oxygen atoms in total. The molecule has 6 rings (SSSR count). The molecule has 1 N–H and O–H groups in total. The second-order valence-corrected chi connectivity index (χ2v) is 11.5. The van der Waals surface area contributed by atoms with Crippen molar-refractivity contribution < 1.29 is 17.6 Å². The molecule has 1 aliphatic heterocycles. The van der Waals surface area contributed by atoms with Crippen LogP contribution in [0.25, 0.3) is 21.1 Å². The fourth-order valence-electron chi connectivity index (χ4n) is 5.47. The highest BCUT2D eigenvalue weighted by molar-refractivity contribution is 7.18. The third kappa shape index (κ3) is 5.75. The van der Waals surface area contributed by atoms with E-state index in [-0.39, 0.29) is 10.9 Å². The van der Waals surface area contributed by atoms with Gasteiger partial charge in [-0.25, -0.2) is 9.97 Å². The Morgan fingerprint density at radius 3 is 2.61 bits per heavy atom. The largest absolute Gasteiger partial charge is 0.424 e. The number of nitrogens with one attached hydrogen (secondary N) is 1. The predicted octanol–water partition coefficient (Wildman–Crippen LogP) is 5.75. The lowest BCUT2D eigenvalue weighted by atomic mass is 10.0. The Kier molecular flexibility index (Phi) is 7.13. The van der Waals surface area contributed by atoms with E-state index in [2.05, 4.69) is 49.4 Å². The lowest BCUT2D eigenvalue weighted by Gasteiger charge is -2.33. The normalized spacial score (nSPS) is 15.1. The molecule has 0 spiro atoms. The van der Waals surface area contributed by atoms with Crippen LogP contribution in [0.4, 0.5) is 19.0 Å². The summed E-state index contributed by atoms with van der Waals surface area (Å²) in [6.45, 7) is 6.68. The molecule has 5 aromatic rings. The monoisotopic (exact) mass is 580 g/mol. The van der Waals surface area contributed by atoms with Crippen LogP contribution in [0.3, 0.4) is 0 Å². The molecule has 1 saturated heterocycles. The van der Waals surface area contributed by atoms with Crippen molar-refractivity contribution in [2.45, 2.75) is 58.4 Å². The van der Waals surface area contributed by atoms with E-state index >= 15 is 0 Å². The second-order valence-electron chi connectivity index (χ2n) is 10.4. The maximum absolute atomic E-state index is 12.9. The fourth-order valence-corrected chi connectivity index (χ4v) is 6.49. The molecular formula is C28H27F3N8OS. The number of aryl methyl sites for hydroxylation is 2. The first-order chi connectivity index (χ1) is 19.7. The number of fused-ring (bicyclic) bond motifs is 2. The number of nitrogens with zero attached hydrogens (tertiary/aromatic N) is 7. The van der Waals surface area contributed by atoms with Crippen LogP contribution in [0.5, 0.6) is 0 Å². The highest BCUT2D eigenvalue weighted by Gasteiger charge is 2.29. The molecule has 0 radical (unpaired) electrons. The van der Waals surface area contributed by atoms with E-state index in [1.54, 1.807) is 13.0 Å². The van der Waals surface area contributed by atoms with Crippen molar-refractivity contribution in [2.24, 2.45) is 0 Å². The number of aromatic nitrogens is 5. The number of likely N-dealkylation sites (tertiary alicyclic amines) is 1. The van der Waals surface area contributed by atoms with Crippen LogP contribution in [-0.2, 0) is 19.5 Å². The maximum atomic E-state index is 12.9. The summed E-state index contributed by atoms with van der Waals surface area (Å²) in [5.74, 6) is 1.53. The summed E-state index contributed by atoms with van der Waals surface area (Å²) in [6, 6.07) is 10.1. The predicted molar refractivity (Wildman–Crippen MR) is 149 cm³/mol. The first-order valence-corrected chi connectivity index (χ1v) is 14.1. The molecule has 212 valence electrons. The number of halogens is 3. The van der Waals surface area contributed by atoms with E-state index in [4.69, 9.17) is 4.42 Å². The zero-order chi connectivity index (χ0) is 28.7. The summed E-state index contributed by atoms with van der Waals surface area (Å²) in [4.78, 5) is 11.7. The Balaban J connectivity index is 1.12. The van der Waals surface area contributed by atoms with Crippen molar-refractivity contribution >= 4 is 38.3 Å². The van der Waals surface area contributed by atoms with Crippen molar-refractivity contribution in [1.82, 2.24) is 29.6 Å². The van der Waals surface area contributed by atoms with Gasteiger partial charge < -0.3 is 14.3 Å². The first-order valence-electron chi connectivity index (χ1n) is 13.3. The molecule has 41 heavy (non-hydrogen) atoms. The van der Waals surface area contributed by atoms with E-state index in [0.717, 1.165) is 60.3 Å². The number of nitriles is 1. The maximum Gasteiger partial charge on any atom is 0.393 e. The molecule has 0 aliphatic carbocycles. The number of alkyl halides is 3. The highest BCUT2D eigenvalue weighted by Crippen LogP contribution is 2.33. The zero-order valence-corrected chi connectivity index (χ0v) is 23.3. The van der Waals surface area contributed by atoms with E-state index in [9.17, 15) is 18.4 Å². The van der Waals surface area contributed by atoms with E-state index in [1.165, 1.54) is 11.9 Å². The molecule has 0 atom stereocenters. The highest BCUT2D eigenvalue weighted by atomic mass is 32.1. The van der Waals surface area contributed by atoms with Gasteiger partial charge in [0, 0.05) is 48.4 Å². The molecule has 0 unspecified atom stereocenters. The number of rotatable bonds is 7. The van der Waals surface area contributed by atoms with Gasteiger partial charge in [0.05, 0.1) is 11.8 Å². The lowest BCUT2D eigenvalue weighted by Crippen LogP contribution is -2.39. The van der Waals surface area contributed by atoms with Crippen LogP contribution >= 0.6 is 11.3 Å². The quantitative estimate of drug-likeness (QED) is 0.259. The fraction of sp³-hybridized carbons (Fsp3) is 0.393. The van der Waals surface area contributed by atoms with Gasteiger partial charge in [0.25, 0.3) is 0 Å². The molecular weight excluding hydrogens is 553 g/mol. The van der Waals surface area contributed by atoms with E-state index in [1.807, 2.05) is 16.7 Å². The third-order valence-electron chi connectivity index (χ3n) is 7.52. The Morgan fingerprint density at radius 2 is 1.90 bits per heavy atom. The van der Waals surface area contributed by atoms with Crippen LogP contribution in [0.15, 0.2) is 35.0 Å². The van der Waals surface area contributed by atoms with Gasteiger partial charge in [-0.1, -0.05) is 6.07 Å². The summed E-state index contributed by atoms with van der Waals surface area (Å²) < 4.78 is 46.1. The van der Waals surface area contributed by atoms with Gasteiger partial charge in [-0.2, -0.15) is 18.4 Å². The lowest BCUT2D eigenvalue weighted by molar-refractivity contribution is -0.126. The molecule has 1 fully saturated rings. The minimum atomic E-state index is -4.26. The average molecular weight is 581 g/mol. The number of hydrogen-bond acceptors (Lipinski definition) is 9. The van der Waals surface area contributed by atoms with Crippen LogP contribution in [0.2, 0.25) is 0 Å². The van der Waals surface area contributed by atoms with Gasteiger partial charge in [-0.3, -0.25) is 4.90 Å². The van der Waals surface area contributed by atoms with Gasteiger partial charge in [-0.15, -0.1) is 21.5 Å². The Labute approximate surface area is 237 Å². The Morgan fingerprint density at radius 1 is 1.10 bits per heavy atom. The van der Waals surface area contributed by atoms with Gasteiger partial charge in [0.2, 0.25) is 11.8 Å². The summed E-state index contributed by atoms with van der Waals surface area (Å²) >= 11 is 1.06. The van der Waals surface area contributed by atoms with Crippen molar-refractivity contribution in [3.63, 3.8) is 0 Å². The summed E-state index contributed by atoms with van der Waals surface area (Å²) in [5, 5.41) is 22.8. The minimum absolute atomic E-state index is 0.166. The molecule has 4 aromatic heterocycles. The minimum Gasteiger partial charge on any atom is -0.424 e. The average Bonchev–Trinajstić information content (AvgIpc) is 3.63. The van der Waals surface area contributed by atoms with Crippen LogP contribution in [-0.4, -0.2) is 54.9 Å². The standard InChI is InChI=1S/C28H27F3N8OS/c1-16-18(3-4-24-22(16)9-20(12-32)39(24)14-25-37-36-17(2)40-25)13-38-7-5-19(6-8-38)35-26-23-10-21(11-28(29,30)31)41-27(23)34-15-33-26/h3-4,9-10,15,19H,5-8,11,13-14H2,1-2H3,(H,33,34,35). The van der Waals surface area contributed by atoms with Gasteiger partial charge >= 0.3 is 6.18 Å². The van der Waals surface area contributed by atoms with Crippen molar-refractivity contribution in [3.8, 4) is 6.07 Å². The van der Waals surface area contributed by atoms with Crippen LogP contribution in [0.1, 0.15) is 46.3 Å². The van der Waals surface area contributed by atoms with Crippen LogP contribution < -0.4 is 5.32 Å². The van der Waals surface area contributed by atoms with Crippen LogP contribution in [0, 0.1) is 25.2 Å². The SMILES string of the molecule is Cc1nnc(Cn2c(C#N)cc3c(C)c(CN4CCC(Nc5ncnc6sc(CC(F)(F)F)cc56)CC4)ccc32)o1. The number of anilines is 1. The number of thiophene rings is 1. The van der Waals surface area contributed by atoms with E-state index in [0.29, 0.717) is 40.1 Å². The summed E-state index contributed by atoms with van der Waals surface area (Å²) in [5.41, 5.74) is 3.82. The Hall–Kier alpha value is -4.02. The smallest absolute Gasteiger partial charge is 0.393 e. The summed E-state index contributed by atoms with van der Waals surface area (Å²) in [7, 11) is 0. The molecule has 5 heterocycles. The van der Waals surface area contributed by atoms with E-state index < -0.39 is 12.6 Å². The molecule has 0 saturated carbocycles. The number of benzene rings is 1. The third-order valence-corrected chi connectivity index (χ3v) is 8.56. The number of piperidine rings is 1. The molecule has 13 heteroatoms. The molecule has 0 amide bonds. The van der Waals surface area contributed by atoms with Gasteiger partial charge in [0.15, 0.2) is 0 Å². The second kappa shape index (κ2) is 10.8. The number of hydrogen-bond donors (Lipinski definition) is 1.